The van der Waals surface area contributed by atoms with Crippen LogP contribution >= 0.6 is 11.3 Å². The zero-order valence-corrected chi connectivity index (χ0v) is 13.0. The molecule has 1 amide bonds. The van der Waals surface area contributed by atoms with Crippen LogP contribution in [0.1, 0.15) is 16.5 Å². The van der Waals surface area contributed by atoms with Gasteiger partial charge in [0.15, 0.2) is 0 Å². The van der Waals surface area contributed by atoms with Gasteiger partial charge in [0.05, 0.1) is 0 Å². The standard InChI is InChI=1S/C17H20N2OS/c1-3-11-19(13-14-8-5-4-6-9-14)16(17(20)18-2)15-10-7-12-21-15/h3-10,12,16H,1,11,13H2,2H3,(H,18,20). The molecule has 0 spiro atoms. The van der Waals surface area contributed by atoms with E-state index in [0.29, 0.717) is 13.1 Å². The number of likely N-dealkylation sites (N-methyl/N-ethyl adjacent to an activating group) is 1. The quantitative estimate of drug-likeness (QED) is 0.796. The first-order valence-electron chi connectivity index (χ1n) is 6.90. The Labute approximate surface area is 129 Å². The lowest BCUT2D eigenvalue weighted by Crippen LogP contribution is -2.38. The summed E-state index contributed by atoms with van der Waals surface area (Å²) < 4.78 is 0. The lowest BCUT2D eigenvalue weighted by atomic mass is 10.1. The van der Waals surface area contributed by atoms with Gasteiger partial charge in [0, 0.05) is 25.0 Å². The SMILES string of the molecule is C=CCN(Cc1ccccc1)C(C(=O)NC)c1cccs1. The van der Waals surface area contributed by atoms with E-state index in [4.69, 9.17) is 0 Å². The van der Waals surface area contributed by atoms with E-state index in [1.165, 1.54) is 5.56 Å². The van der Waals surface area contributed by atoms with Gasteiger partial charge >= 0.3 is 0 Å². The van der Waals surface area contributed by atoms with Gasteiger partial charge in [0.1, 0.15) is 6.04 Å². The fourth-order valence-electron chi connectivity index (χ4n) is 2.30. The Morgan fingerprint density at radius 1 is 1.33 bits per heavy atom. The fraction of sp³-hybridized carbons (Fsp3) is 0.235. The maximum atomic E-state index is 12.3. The van der Waals surface area contributed by atoms with Gasteiger partial charge in [-0.3, -0.25) is 9.69 Å². The van der Waals surface area contributed by atoms with Crippen LogP contribution in [0.5, 0.6) is 0 Å². The number of nitrogens with zero attached hydrogens (tertiary/aromatic N) is 1. The topological polar surface area (TPSA) is 32.3 Å². The van der Waals surface area contributed by atoms with Crippen molar-refractivity contribution in [3.05, 3.63) is 70.9 Å². The summed E-state index contributed by atoms with van der Waals surface area (Å²) in [7, 11) is 1.68. The van der Waals surface area contributed by atoms with Crippen molar-refractivity contribution in [1.82, 2.24) is 10.2 Å². The Bertz CT molecular complexity index is 566. The predicted octanol–water partition coefficient (Wildman–Crippen LogP) is 3.22. The monoisotopic (exact) mass is 300 g/mol. The van der Waals surface area contributed by atoms with E-state index < -0.39 is 0 Å². The van der Waals surface area contributed by atoms with E-state index >= 15 is 0 Å². The zero-order valence-electron chi connectivity index (χ0n) is 12.2. The molecule has 2 aromatic rings. The van der Waals surface area contributed by atoms with E-state index in [1.807, 2.05) is 41.8 Å². The Hall–Kier alpha value is -1.91. The number of nitrogens with one attached hydrogen (secondary N) is 1. The molecule has 1 aromatic carbocycles. The van der Waals surface area contributed by atoms with Crippen molar-refractivity contribution < 1.29 is 4.79 Å². The lowest BCUT2D eigenvalue weighted by Gasteiger charge is -2.29. The van der Waals surface area contributed by atoms with Crippen LogP contribution in [0.4, 0.5) is 0 Å². The summed E-state index contributed by atoms with van der Waals surface area (Å²) in [5.74, 6) is 0.00947. The third-order valence-corrected chi connectivity index (χ3v) is 4.19. The molecule has 1 heterocycles. The molecule has 0 fully saturated rings. The summed E-state index contributed by atoms with van der Waals surface area (Å²) in [6.45, 7) is 5.19. The van der Waals surface area contributed by atoms with Gasteiger partial charge < -0.3 is 5.32 Å². The second kappa shape index (κ2) is 7.76. The summed E-state index contributed by atoms with van der Waals surface area (Å²) in [5.41, 5.74) is 1.19. The van der Waals surface area contributed by atoms with E-state index in [9.17, 15) is 4.79 Å². The molecule has 0 bridgehead atoms. The molecule has 0 aliphatic rings. The first-order valence-corrected chi connectivity index (χ1v) is 7.78. The molecule has 110 valence electrons. The van der Waals surface area contributed by atoms with Crippen LogP contribution in [0.15, 0.2) is 60.5 Å². The Morgan fingerprint density at radius 2 is 2.10 bits per heavy atom. The highest BCUT2D eigenvalue weighted by Gasteiger charge is 2.27. The summed E-state index contributed by atoms with van der Waals surface area (Å²) >= 11 is 1.60. The Morgan fingerprint density at radius 3 is 2.67 bits per heavy atom. The summed E-state index contributed by atoms with van der Waals surface area (Å²) in [6.07, 6.45) is 1.84. The van der Waals surface area contributed by atoms with Gasteiger partial charge in [-0.05, 0) is 17.0 Å². The minimum Gasteiger partial charge on any atom is -0.357 e. The summed E-state index contributed by atoms with van der Waals surface area (Å²) in [4.78, 5) is 15.5. The third kappa shape index (κ3) is 4.03. The van der Waals surface area contributed by atoms with Crippen molar-refractivity contribution in [2.45, 2.75) is 12.6 Å². The van der Waals surface area contributed by atoms with Crippen LogP contribution in [-0.4, -0.2) is 24.4 Å². The first kappa shape index (κ1) is 15.5. The van der Waals surface area contributed by atoms with Gasteiger partial charge in [0.2, 0.25) is 5.91 Å². The highest BCUT2D eigenvalue weighted by atomic mass is 32.1. The molecule has 0 radical (unpaired) electrons. The van der Waals surface area contributed by atoms with Crippen LogP contribution in [0.2, 0.25) is 0 Å². The molecule has 1 N–H and O–H groups in total. The van der Waals surface area contributed by atoms with Crippen molar-refractivity contribution in [2.24, 2.45) is 0 Å². The van der Waals surface area contributed by atoms with Gasteiger partial charge in [-0.1, -0.05) is 42.5 Å². The third-order valence-electron chi connectivity index (χ3n) is 3.26. The molecule has 21 heavy (non-hydrogen) atoms. The van der Waals surface area contributed by atoms with Gasteiger partial charge in [0.25, 0.3) is 0 Å². The number of hydrogen-bond donors (Lipinski definition) is 1. The largest absolute Gasteiger partial charge is 0.357 e. The Kier molecular flexibility index (Phi) is 5.72. The number of thiophene rings is 1. The van der Waals surface area contributed by atoms with Crippen LogP contribution in [0, 0.1) is 0 Å². The van der Waals surface area contributed by atoms with Crippen molar-refractivity contribution in [3.8, 4) is 0 Å². The molecule has 0 aliphatic heterocycles. The average Bonchev–Trinajstić information content (AvgIpc) is 3.02. The van der Waals surface area contributed by atoms with Crippen molar-refractivity contribution in [2.75, 3.05) is 13.6 Å². The molecule has 0 saturated heterocycles. The lowest BCUT2D eigenvalue weighted by molar-refractivity contribution is -0.126. The van der Waals surface area contributed by atoms with E-state index in [0.717, 1.165) is 4.88 Å². The van der Waals surface area contributed by atoms with Crippen molar-refractivity contribution >= 4 is 17.2 Å². The minimum absolute atomic E-state index is 0.00947. The van der Waals surface area contributed by atoms with E-state index in [1.54, 1.807) is 18.4 Å². The molecule has 0 saturated carbocycles. The van der Waals surface area contributed by atoms with E-state index in [2.05, 4.69) is 28.9 Å². The first-order chi connectivity index (χ1) is 10.3. The summed E-state index contributed by atoms with van der Waals surface area (Å²) in [6, 6.07) is 13.9. The van der Waals surface area contributed by atoms with Crippen LogP contribution in [0.25, 0.3) is 0 Å². The second-order valence-corrected chi connectivity index (χ2v) is 5.72. The predicted molar refractivity (Wildman–Crippen MR) is 88.2 cm³/mol. The number of rotatable bonds is 7. The average molecular weight is 300 g/mol. The number of carbonyl (C=O) groups excluding carboxylic acids is 1. The highest BCUT2D eigenvalue weighted by Crippen LogP contribution is 2.27. The molecular formula is C17H20N2OS. The van der Waals surface area contributed by atoms with Gasteiger partial charge in [-0.15, -0.1) is 17.9 Å². The fourth-order valence-corrected chi connectivity index (χ4v) is 3.16. The molecule has 1 aromatic heterocycles. The molecule has 1 atom stereocenters. The van der Waals surface area contributed by atoms with Crippen molar-refractivity contribution in [1.29, 1.82) is 0 Å². The minimum atomic E-state index is -0.284. The number of benzene rings is 1. The maximum absolute atomic E-state index is 12.3. The second-order valence-electron chi connectivity index (χ2n) is 4.74. The van der Waals surface area contributed by atoms with Gasteiger partial charge in [-0.25, -0.2) is 0 Å². The molecule has 1 unspecified atom stereocenters. The van der Waals surface area contributed by atoms with Crippen molar-refractivity contribution in [3.63, 3.8) is 0 Å². The van der Waals surface area contributed by atoms with E-state index in [-0.39, 0.29) is 11.9 Å². The molecule has 2 rings (SSSR count). The van der Waals surface area contributed by atoms with Crippen LogP contribution in [0.3, 0.4) is 0 Å². The Balaban J connectivity index is 2.28. The molecular weight excluding hydrogens is 280 g/mol. The zero-order chi connectivity index (χ0) is 15.1. The normalized spacial score (nSPS) is 12.1. The van der Waals surface area contributed by atoms with Crippen LogP contribution in [-0.2, 0) is 11.3 Å². The maximum Gasteiger partial charge on any atom is 0.242 e. The van der Waals surface area contributed by atoms with Crippen LogP contribution < -0.4 is 5.32 Å². The molecule has 3 nitrogen and oxygen atoms in total. The summed E-state index contributed by atoms with van der Waals surface area (Å²) in [5, 5.41) is 4.77. The molecule has 4 heteroatoms. The van der Waals surface area contributed by atoms with Gasteiger partial charge in [-0.2, -0.15) is 0 Å². The number of carbonyl (C=O) groups is 1. The number of hydrogen-bond acceptors (Lipinski definition) is 3. The molecule has 0 aliphatic carbocycles. The highest BCUT2D eigenvalue weighted by molar-refractivity contribution is 7.10. The number of amides is 1. The smallest absolute Gasteiger partial charge is 0.242 e.